The molecule has 1 heterocycles. The quantitative estimate of drug-likeness (QED) is 0.683. The van der Waals surface area contributed by atoms with Gasteiger partial charge in [0.25, 0.3) is 0 Å². The Morgan fingerprint density at radius 1 is 1.28 bits per heavy atom. The summed E-state index contributed by atoms with van der Waals surface area (Å²) in [4.78, 5) is 33.8. The summed E-state index contributed by atoms with van der Waals surface area (Å²) in [6.07, 6.45) is 0. The second kappa shape index (κ2) is 4.24. The Balaban J connectivity index is 2.76. The van der Waals surface area contributed by atoms with Crippen LogP contribution in [0.4, 0.5) is 0 Å². The van der Waals surface area contributed by atoms with Crippen molar-refractivity contribution in [3.63, 3.8) is 0 Å². The third-order valence-corrected chi connectivity index (χ3v) is 2.35. The van der Waals surface area contributed by atoms with E-state index in [1.807, 2.05) is 0 Å². The van der Waals surface area contributed by atoms with Crippen LogP contribution in [0.2, 0.25) is 0 Å². The minimum Gasteiger partial charge on any atom is -0.495 e. The predicted octanol–water partition coefficient (Wildman–Crippen LogP) is -0.439. The van der Waals surface area contributed by atoms with Crippen molar-refractivity contribution < 1.29 is 14.6 Å². The smallest absolute Gasteiger partial charge is 0.349 e. The number of ether oxygens (including phenoxy) is 1. The summed E-state index contributed by atoms with van der Waals surface area (Å²) >= 11 is 0. The number of rotatable bonds is 3. The van der Waals surface area contributed by atoms with Gasteiger partial charge in [-0.3, -0.25) is 0 Å². The lowest BCUT2D eigenvalue weighted by Gasteiger charge is -2.08. The van der Waals surface area contributed by atoms with Crippen LogP contribution in [0, 0.1) is 0 Å². The fourth-order valence-corrected chi connectivity index (χ4v) is 1.53. The second-order valence-corrected chi connectivity index (χ2v) is 3.39. The van der Waals surface area contributed by atoms with Crippen molar-refractivity contribution in [1.82, 2.24) is 14.8 Å². The van der Waals surface area contributed by atoms with E-state index >= 15 is 0 Å². The molecule has 0 saturated heterocycles. The molecule has 3 N–H and O–H groups in total. The molecule has 0 aliphatic carbocycles. The van der Waals surface area contributed by atoms with Gasteiger partial charge < -0.3 is 9.84 Å². The van der Waals surface area contributed by atoms with Crippen molar-refractivity contribution in [2.75, 3.05) is 7.11 Å². The van der Waals surface area contributed by atoms with Crippen LogP contribution in [-0.4, -0.2) is 33.0 Å². The first-order chi connectivity index (χ1) is 8.54. The van der Waals surface area contributed by atoms with E-state index in [1.54, 1.807) is 0 Å². The Bertz CT molecular complexity index is 681. The molecule has 0 bridgehead atoms. The number of methoxy groups -OCH3 is 1. The number of hydrogen-bond donors (Lipinski definition) is 3. The molecule has 1 aromatic heterocycles. The van der Waals surface area contributed by atoms with E-state index in [9.17, 15) is 14.4 Å². The first kappa shape index (κ1) is 11.7. The molecule has 0 saturated carbocycles. The molecule has 8 nitrogen and oxygen atoms in total. The number of nitrogens with one attached hydrogen (secondary N) is 2. The lowest BCUT2D eigenvalue weighted by molar-refractivity contribution is 0.0697. The van der Waals surface area contributed by atoms with Gasteiger partial charge in [0.05, 0.1) is 18.4 Å². The van der Waals surface area contributed by atoms with E-state index < -0.39 is 17.3 Å². The van der Waals surface area contributed by atoms with Crippen LogP contribution >= 0.6 is 0 Å². The van der Waals surface area contributed by atoms with Crippen molar-refractivity contribution in [3.8, 4) is 11.4 Å². The van der Waals surface area contributed by atoms with Crippen LogP contribution in [0.15, 0.2) is 27.8 Å². The van der Waals surface area contributed by atoms with E-state index in [2.05, 4.69) is 10.2 Å². The minimum atomic E-state index is -1.17. The zero-order valence-electron chi connectivity index (χ0n) is 9.26. The number of aromatic amines is 2. The molecule has 8 heteroatoms. The second-order valence-electron chi connectivity index (χ2n) is 3.39. The summed E-state index contributed by atoms with van der Waals surface area (Å²) in [6, 6.07) is 3.87. The van der Waals surface area contributed by atoms with E-state index in [1.165, 1.54) is 25.3 Å². The Hall–Kier alpha value is -2.77. The summed E-state index contributed by atoms with van der Waals surface area (Å²) in [7, 11) is 1.35. The number of carbonyl (C=O) groups is 1. The first-order valence-corrected chi connectivity index (χ1v) is 4.86. The highest BCUT2D eigenvalue weighted by atomic mass is 16.5. The number of benzene rings is 1. The van der Waals surface area contributed by atoms with Gasteiger partial charge in [0, 0.05) is 0 Å². The number of H-pyrrole nitrogens is 2. The normalized spacial score (nSPS) is 10.3. The van der Waals surface area contributed by atoms with Crippen molar-refractivity contribution in [2.45, 2.75) is 0 Å². The van der Waals surface area contributed by atoms with Crippen molar-refractivity contribution in [2.24, 2.45) is 0 Å². The van der Waals surface area contributed by atoms with Crippen molar-refractivity contribution in [3.05, 3.63) is 44.7 Å². The number of aromatic nitrogens is 3. The molecule has 0 aliphatic rings. The lowest BCUT2D eigenvalue weighted by atomic mass is 10.2. The van der Waals surface area contributed by atoms with Gasteiger partial charge in [0.1, 0.15) is 5.75 Å². The molecule has 1 aromatic carbocycles. The monoisotopic (exact) mass is 251 g/mol. The first-order valence-electron chi connectivity index (χ1n) is 4.86. The van der Waals surface area contributed by atoms with Crippen LogP contribution in [-0.2, 0) is 0 Å². The average Bonchev–Trinajstić information content (AvgIpc) is 2.68. The average molecular weight is 251 g/mol. The predicted molar refractivity (Wildman–Crippen MR) is 60.5 cm³/mol. The van der Waals surface area contributed by atoms with Gasteiger partial charge in [-0.25, -0.2) is 29.1 Å². The highest BCUT2D eigenvalue weighted by Gasteiger charge is 2.14. The topological polar surface area (TPSA) is 117 Å². The Kier molecular flexibility index (Phi) is 2.76. The molecule has 2 aromatic rings. The zero-order chi connectivity index (χ0) is 13.3. The summed E-state index contributed by atoms with van der Waals surface area (Å²) in [5.41, 5.74) is -1.41. The summed E-state index contributed by atoms with van der Waals surface area (Å²) < 4.78 is 5.75. The Labute approximate surface area is 99.4 Å². The molecular formula is C10H9N3O5. The maximum atomic E-state index is 11.5. The fourth-order valence-electron chi connectivity index (χ4n) is 1.53. The molecule has 2 rings (SSSR count). The molecule has 0 spiro atoms. The highest BCUT2D eigenvalue weighted by Crippen LogP contribution is 2.21. The van der Waals surface area contributed by atoms with Crippen LogP contribution < -0.4 is 16.1 Å². The Morgan fingerprint density at radius 2 is 1.89 bits per heavy atom. The number of carboxylic acids is 1. The van der Waals surface area contributed by atoms with Gasteiger partial charge in [-0.05, 0) is 18.2 Å². The molecule has 0 fully saturated rings. The van der Waals surface area contributed by atoms with Crippen molar-refractivity contribution in [1.29, 1.82) is 0 Å². The molecule has 0 unspecified atom stereocenters. The standard InChI is InChI=1S/C10H9N3O5/c1-18-7-3-2-5(8(14)15)4-6(7)13-9(16)11-12-10(13)17/h2-4H,1H3,(H,11,16)(H,12,17)(H,14,15). The van der Waals surface area contributed by atoms with E-state index in [0.29, 0.717) is 0 Å². The van der Waals surface area contributed by atoms with E-state index in [4.69, 9.17) is 9.84 Å². The van der Waals surface area contributed by atoms with E-state index in [-0.39, 0.29) is 17.0 Å². The number of hydrogen-bond acceptors (Lipinski definition) is 4. The third kappa shape index (κ3) is 1.79. The summed E-state index contributed by atoms with van der Waals surface area (Å²) in [6.45, 7) is 0. The van der Waals surface area contributed by atoms with Crippen molar-refractivity contribution >= 4 is 5.97 Å². The third-order valence-electron chi connectivity index (χ3n) is 2.35. The Morgan fingerprint density at radius 3 is 2.39 bits per heavy atom. The largest absolute Gasteiger partial charge is 0.495 e. The highest BCUT2D eigenvalue weighted by molar-refractivity contribution is 5.88. The van der Waals surface area contributed by atoms with Gasteiger partial charge in [-0.15, -0.1) is 0 Å². The molecular weight excluding hydrogens is 242 g/mol. The van der Waals surface area contributed by atoms with Gasteiger partial charge in [0.2, 0.25) is 0 Å². The van der Waals surface area contributed by atoms with Gasteiger partial charge in [0.15, 0.2) is 0 Å². The van der Waals surface area contributed by atoms with E-state index in [0.717, 1.165) is 4.57 Å². The van der Waals surface area contributed by atoms with Crippen LogP contribution in [0.3, 0.4) is 0 Å². The fraction of sp³-hybridized carbons (Fsp3) is 0.100. The molecule has 0 amide bonds. The van der Waals surface area contributed by atoms with Gasteiger partial charge in [-0.2, -0.15) is 0 Å². The molecule has 94 valence electrons. The molecule has 0 atom stereocenters. The molecule has 0 radical (unpaired) electrons. The number of nitrogens with zero attached hydrogens (tertiary/aromatic N) is 1. The number of carboxylic acid groups (broad SMARTS) is 1. The maximum Gasteiger partial charge on any atom is 0.349 e. The van der Waals surface area contributed by atoms with Gasteiger partial charge in [-0.1, -0.05) is 0 Å². The zero-order valence-corrected chi connectivity index (χ0v) is 9.26. The van der Waals surface area contributed by atoms with Crippen LogP contribution in [0.5, 0.6) is 5.75 Å². The molecule has 18 heavy (non-hydrogen) atoms. The van der Waals surface area contributed by atoms with Crippen LogP contribution in [0.25, 0.3) is 5.69 Å². The van der Waals surface area contributed by atoms with Gasteiger partial charge >= 0.3 is 17.3 Å². The lowest BCUT2D eigenvalue weighted by Crippen LogP contribution is -2.25. The number of aromatic carboxylic acids is 1. The maximum absolute atomic E-state index is 11.5. The molecule has 0 aliphatic heterocycles. The van der Waals surface area contributed by atoms with Crippen LogP contribution in [0.1, 0.15) is 10.4 Å². The SMILES string of the molecule is COc1ccc(C(=O)O)cc1-n1c(=O)[nH][nH]c1=O. The summed E-state index contributed by atoms with van der Waals surface area (Å²) in [5.74, 6) is -0.953. The minimum absolute atomic E-state index is 0.0571. The summed E-state index contributed by atoms with van der Waals surface area (Å²) in [5, 5.41) is 13.1.